The number of carbonyl (C=O) groups excluding carboxylic acids is 2. The smallest absolute Gasteiger partial charge is 0.359 e. The van der Waals surface area contributed by atoms with Crippen LogP contribution < -0.4 is 9.47 Å². The molecule has 0 spiro atoms. The molecular weight excluding hydrogens is 324 g/mol. The van der Waals surface area contributed by atoms with Crippen LogP contribution in [0.1, 0.15) is 20.8 Å². The second-order valence-electron chi connectivity index (χ2n) is 5.18. The van der Waals surface area contributed by atoms with Crippen LogP contribution in [0.2, 0.25) is 0 Å². The predicted molar refractivity (Wildman–Crippen MR) is 90.3 cm³/mol. The molecule has 0 saturated carbocycles. The van der Waals surface area contributed by atoms with Gasteiger partial charge in [-0.15, -0.1) is 0 Å². The van der Waals surface area contributed by atoms with E-state index in [1.54, 1.807) is 36.4 Å². The van der Waals surface area contributed by atoms with E-state index in [-0.39, 0.29) is 11.5 Å². The topological polar surface area (TPSA) is 90.5 Å². The highest BCUT2D eigenvalue weighted by atomic mass is 16.5. The Balaban J connectivity index is 1.73. The maximum absolute atomic E-state index is 12.3. The SMILES string of the molecule is COc1ccc(C(=O)COC(=O)c2n[nH]c3ccccc23)c(OC)c1. The molecule has 7 heteroatoms. The first-order valence-corrected chi connectivity index (χ1v) is 7.49. The van der Waals surface area contributed by atoms with Crippen molar-refractivity contribution in [1.29, 1.82) is 0 Å². The quantitative estimate of drug-likeness (QED) is 0.548. The van der Waals surface area contributed by atoms with Gasteiger partial charge in [-0.25, -0.2) is 4.79 Å². The van der Waals surface area contributed by atoms with Crippen molar-refractivity contribution in [1.82, 2.24) is 10.2 Å². The maximum atomic E-state index is 12.3. The number of hydrogen-bond donors (Lipinski definition) is 1. The molecule has 3 aromatic rings. The van der Waals surface area contributed by atoms with Gasteiger partial charge >= 0.3 is 5.97 Å². The third kappa shape index (κ3) is 3.30. The summed E-state index contributed by atoms with van der Waals surface area (Å²) < 4.78 is 15.4. The fourth-order valence-corrected chi connectivity index (χ4v) is 2.43. The number of benzene rings is 2. The van der Waals surface area contributed by atoms with Crippen LogP contribution in [0, 0.1) is 0 Å². The average molecular weight is 340 g/mol. The van der Waals surface area contributed by atoms with Gasteiger partial charge in [-0.1, -0.05) is 18.2 Å². The van der Waals surface area contributed by atoms with E-state index in [0.29, 0.717) is 22.4 Å². The van der Waals surface area contributed by atoms with Crippen molar-refractivity contribution in [2.75, 3.05) is 20.8 Å². The van der Waals surface area contributed by atoms with Crippen LogP contribution in [0.25, 0.3) is 10.9 Å². The van der Waals surface area contributed by atoms with E-state index in [4.69, 9.17) is 14.2 Å². The Labute approximate surface area is 143 Å². The molecule has 0 aliphatic carbocycles. The minimum absolute atomic E-state index is 0.144. The molecule has 0 unspecified atom stereocenters. The monoisotopic (exact) mass is 340 g/mol. The number of methoxy groups -OCH3 is 2. The van der Waals surface area contributed by atoms with E-state index < -0.39 is 12.6 Å². The molecule has 128 valence electrons. The van der Waals surface area contributed by atoms with E-state index in [0.717, 1.165) is 5.52 Å². The molecule has 0 radical (unpaired) electrons. The minimum atomic E-state index is -0.668. The zero-order valence-corrected chi connectivity index (χ0v) is 13.7. The largest absolute Gasteiger partial charge is 0.497 e. The molecule has 0 amide bonds. The molecule has 1 N–H and O–H groups in total. The van der Waals surface area contributed by atoms with Gasteiger partial charge in [0.05, 0.1) is 25.3 Å². The van der Waals surface area contributed by atoms with Crippen LogP contribution >= 0.6 is 0 Å². The summed E-state index contributed by atoms with van der Waals surface area (Å²) in [6.07, 6.45) is 0. The van der Waals surface area contributed by atoms with Crippen LogP contribution in [0.5, 0.6) is 11.5 Å². The lowest BCUT2D eigenvalue weighted by atomic mass is 10.1. The molecule has 7 nitrogen and oxygen atoms in total. The third-order valence-corrected chi connectivity index (χ3v) is 3.71. The summed E-state index contributed by atoms with van der Waals surface area (Å²) in [4.78, 5) is 24.5. The van der Waals surface area contributed by atoms with Gasteiger partial charge < -0.3 is 14.2 Å². The van der Waals surface area contributed by atoms with Crippen molar-refractivity contribution in [2.45, 2.75) is 0 Å². The highest BCUT2D eigenvalue weighted by Gasteiger charge is 2.19. The van der Waals surface area contributed by atoms with Crippen LogP contribution in [-0.4, -0.2) is 42.8 Å². The number of para-hydroxylation sites is 1. The standard InChI is InChI=1S/C18H16N2O5/c1-23-11-7-8-13(16(9-11)24-2)15(21)10-25-18(22)17-12-5-3-4-6-14(12)19-20-17/h3-9H,10H2,1-2H3,(H,19,20). The van der Waals surface area contributed by atoms with Crippen LogP contribution in [0.15, 0.2) is 42.5 Å². The average Bonchev–Trinajstić information content (AvgIpc) is 3.09. The van der Waals surface area contributed by atoms with Crippen LogP contribution in [-0.2, 0) is 4.74 Å². The summed E-state index contributed by atoms with van der Waals surface area (Å²) in [5.74, 6) is -0.134. The number of Topliss-reactive ketones (excluding diaryl/α,β-unsaturated/α-hetero) is 1. The van der Waals surface area contributed by atoms with E-state index >= 15 is 0 Å². The van der Waals surface area contributed by atoms with Crippen LogP contribution in [0.4, 0.5) is 0 Å². The number of aromatic amines is 1. The highest BCUT2D eigenvalue weighted by molar-refractivity contribution is 6.04. The van der Waals surface area contributed by atoms with E-state index in [2.05, 4.69) is 10.2 Å². The Kier molecular flexibility index (Phi) is 4.65. The maximum Gasteiger partial charge on any atom is 0.359 e. The minimum Gasteiger partial charge on any atom is -0.497 e. The van der Waals surface area contributed by atoms with Gasteiger partial charge in [0, 0.05) is 11.5 Å². The number of carbonyl (C=O) groups is 2. The molecule has 2 aromatic carbocycles. The first-order chi connectivity index (χ1) is 12.1. The number of hydrogen-bond acceptors (Lipinski definition) is 6. The second-order valence-corrected chi connectivity index (χ2v) is 5.18. The summed E-state index contributed by atoms with van der Waals surface area (Å²) in [7, 11) is 2.97. The number of ketones is 1. The predicted octanol–water partition coefficient (Wildman–Crippen LogP) is 2.62. The first-order valence-electron chi connectivity index (χ1n) is 7.49. The molecule has 0 saturated heterocycles. The fraction of sp³-hybridized carbons (Fsp3) is 0.167. The van der Waals surface area contributed by atoms with Crippen LogP contribution in [0.3, 0.4) is 0 Å². The molecule has 0 aliphatic heterocycles. The van der Waals surface area contributed by atoms with E-state index in [1.807, 2.05) is 6.07 Å². The Morgan fingerprint density at radius 3 is 2.64 bits per heavy atom. The Bertz CT molecular complexity index is 932. The zero-order chi connectivity index (χ0) is 17.8. The summed E-state index contributed by atoms with van der Waals surface area (Å²) in [5, 5.41) is 7.34. The number of esters is 1. The van der Waals surface area contributed by atoms with Gasteiger partial charge in [0.2, 0.25) is 5.78 Å². The summed E-state index contributed by atoms with van der Waals surface area (Å²) in [5.41, 5.74) is 1.17. The summed E-state index contributed by atoms with van der Waals surface area (Å²) in [6.45, 7) is -0.414. The highest BCUT2D eigenvalue weighted by Crippen LogP contribution is 2.25. The molecule has 0 atom stereocenters. The Hall–Kier alpha value is -3.35. The number of aromatic nitrogens is 2. The number of ether oxygens (including phenoxy) is 3. The second kappa shape index (κ2) is 7.04. The summed E-state index contributed by atoms with van der Waals surface area (Å²) in [6, 6.07) is 12.0. The lowest BCUT2D eigenvalue weighted by molar-refractivity contribution is 0.0470. The van der Waals surface area contributed by atoms with Crippen molar-refractivity contribution < 1.29 is 23.8 Å². The number of fused-ring (bicyclic) bond motifs is 1. The third-order valence-electron chi connectivity index (χ3n) is 3.71. The number of H-pyrrole nitrogens is 1. The molecule has 0 bridgehead atoms. The Morgan fingerprint density at radius 2 is 1.88 bits per heavy atom. The van der Waals surface area contributed by atoms with Gasteiger partial charge in [0.1, 0.15) is 11.5 Å². The van der Waals surface area contributed by atoms with Crippen molar-refractivity contribution in [3.8, 4) is 11.5 Å². The van der Waals surface area contributed by atoms with Gasteiger partial charge in [-0.05, 0) is 18.2 Å². The number of nitrogens with one attached hydrogen (secondary N) is 1. The molecular formula is C18H16N2O5. The number of rotatable bonds is 6. The fourth-order valence-electron chi connectivity index (χ4n) is 2.43. The molecule has 25 heavy (non-hydrogen) atoms. The lowest BCUT2D eigenvalue weighted by Crippen LogP contribution is -2.15. The first kappa shape index (κ1) is 16.5. The molecule has 0 aliphatic rings. The van der Waals surface area contributed by atoms with Gasteiger partial charge in [0.25, 0.3) is 0 Å². The van der Waals surface area contributed by atoms with Crippen molar-refractivity contribution in [3.63, 3.8) is 0 Å². The Morgan fingerprint density at radius 1 is 1.08 bits per heavy atom. The molecule has 0 fully saturated rings. The van der Waals surface area contributed by atoms with Gasteiger partial charge in [0.15, 0.2) is 12.3 Å². The molecule has 3 rings (SSSR count). The van der Waals surface area contributed by atoms with Crippen molar-refractivity contribution in [3.05, 3.63) is 53.7 Å². The molecule has 1 aromatic heterocycles. The van der Waals surface area contributed by atoms with E-state index in [1.165, 1.54) is 14.2 Å². The van der Waals surface area contributed by atoms with Gasteiger partial charge in [-0.2, -0.15) is 5.10 Å². The zero-order valence-electron chi connectivity index (χ0n) is 13.7. The summed E-state index contributed by atoms with van der Waals surface area (Å²) >= 11 is 0. The van der Waals surface area contributed by atoms with Crippen molar-refractivity contribution >= 4 is 22.7 Å². The molecule has 1 heterocycles. The lowest BCUT2D eigenvalue weighted by Gasteiger charge is -2.09. The van der Waals surface area contributed by atoms with Gasteiger partial charge in [-0.3, -0.25) is 9.89 Å². The normalized spacial score (nSPS) is 10.5. The van der Waals surface area contributed by atoms with E-state index in [9.17, 15) is 9.59 Å². The number of nitrogens with zero attached hydrogens (tertiary/aromatic N) is 1. The van der Waals surface area contributed by atoms with Crippen molar-refractivity contribution in [2.24, 2.45) is 0 Å².